The zero-order valence-corrected chi connectivity index (χ0v) is 11.0. The van der Waals surface area contributed by atoms with E-state index in [1.54, 1.807) is 24.3 Å². The van der Waals surface area contributed by atoms with Gasteiger partial charge in [0.05, 0.1) is 4.90 Å². The molecule has 0 bridgehead atoms. The summed E-state index contributed by atoms with van der Waals surface area (Å²) in [5, 5.41) is 0. The average Bonchev–Trinajstić information content (AvgIpc) is 2.17. The maximum atomic E-state index is 12.3. The fraction of sp³-hybridized carbons (Fsp3) is 0.500. The van der Waals surface area contributed by atoms with E-state index in [0.717, 1.165) is 0 Å². The number of benzene rings is 1. The van der Waals surface area contributed by atoms with E-state index in [2.05, 4.69) is 0 Å². The molecule has 0 fully saturated rings. The second kappa shape index (κ2) is 4.97. The minimum Gasteiger partial charge on any atom is -0.207 e. The van der Waals surface area contributed by atoms with Crippen LogP contribution in [0.3, 0.4) is 0 Å². The smallest absolute Gasteiger partial charge is 0.207 e. The van der Waals surface area contributed by atoms with Crippen LogP contribution in [0.25, 0.3) is 0 Å². The Kier molecular flexibility index (Phi) is 4.10. The Bertz CT molecular complexity index is 416. The van der Waals surface area contributed by atoms with Crippen LogP contribution in [0.4, 0.5) is 0 Å². The van der Waals surface area contributed by atoms with Crippen molar-refractivity contribution < 1.29 is 8.42 Å². The Hall–Kier alpha value is -0.870. The van der Waals surface area contributed by atoms with Crippen molar-refractivity contribution >= 4 is 10.0 Å². The van der Waals surface area contributed by atoms with Gasteiger partial charge in [-0.05, 0) is 39.8 Å². The molecule has 0 saturated carbocycles. The molecule has 1 aromatic rings. The van der Waals surface area contributed by atoms with Crippen LogP contribution in [0.15, 0.2) is 35.2 Å². The Balaban J connectivity index is 3.20. The van der Waals surface area contributed by atoms with E-state index in [-0.39, 0.29) is 12.1 Å². The third kappa shape index (κ3) is 2.62. The minimum atomic E-state index is -3.37. The molecule has 4 heteroatoms. The van der Waals surface area contributed by atoms with E-state index in [1.807, 2.05) is 33.8 Å². The van der Waals surface area contributed by atoms with E-state index in [1.165, 1.54) is 4.31 Å². The van der Waals surface area contributed by atoms with Crippen molar-refractivity contribution in [1.29, 1.82) is 0 Å². The van der Waals surface area contributed by atoms with Crippen LogP contribution in [0.5, 0.6) is 0 Å². The Labute approximate surface area is 98.1 Å². The highest BCUT2D eigenvalue weighted by molar-refractivity contribution is 7.89. The predicted molar refractivity (Wildman–Crippen MR) is 65.7 cm³/mol. The van der Waals surface area contributed by atoms with E-state index in [0.29, 0.717) is 4.90 Å². The second-order valence-corrected chi connectivity index (χ2v) is 6.18. The Morgan fingerprint density at radius 1 is 0.938 bits per heavy atom. The standard InChI is InChI=1S/C12H19NO2S/c1-10(2)13(11(3)4)16(14,15)12-8-6-5-7-9-12/h5-11H,1-4H3. The summed E-state index contributed by atoms with van der Waals surface area (Å²) in [6.07, 6.45) is 0. The van der Waals surface area contributed by atoms with Gasteiger partial charge in [0.1, 0.15) is 0 Å². The fourth-order valence-corrected chi connectivity index (χ4v) is 3.72. The summed E-state index contributed by atoms with van der Waals surface area (Å²) in [5.41, 5.74) is 0. The normalized spacial score (nSPS) is 12.7. The molecule has 0 aliphatic carbocycles. The van der Waals surface area contributed by atoms with Crippen molar-refractivity contribution in [3.05, 3.63) is 30.3 Å². The molecule has 0 heterocycles. The minimum absolute atomic E-state index is 0.0368. The lowest BCUT2D eigenvalue weighted by atomic mass is 10.3. The molecule has 0 aliphatic heterocycles. The van der Waals surface area contributed by atoms with Gasteiger partial charge in [-0.2, -0.15) is 4.31 Å². The first-order valence-corrected chi connectivity index (χ1v) is 6.90. The summed E-state index contributed by atoms with van der Waals surface area (Å²) < 4.78 is 26.2. The van der Waals surface area contributed by atoms with Gasteiger partial charge in [0.2, 0.25) is 10.0 Å². The van der Waals surface area contributed by atoms with E-state index < -0.39 is 10.0 Å². The molecule has 3 nitrogen and oxygen atoms in total. The first-order chi connectivity index (χ1) is 7.37. The van der Waals surface area contributed by atoms with Gasteiger partial charge in [0.15, 0.2) is 0 Å². The van der Waals surface area contributed by atoms with Crippen LogP contribution in [-0.2, 0) is 10.0 Å². The lowest BCUT2D eigenvalue weighted by Gasteiger charge is -2.29. The molecular weight excluding hydrogens is 222 g/mol. The molecule has 1 rings (SSSR count). The summed E-state index contributed by atoms with van der Waals surface area (Å²) in [4.78, 5) is 0.359. The molecule has 0 radical (unpaired) electrons. The van der Waals surface area contributed by atoms with Crippen molar-refractivity contribution in [1.82, 2.24) is 4.31 Å². The Morgan fingerprint density at radius 2 is 1.38 bits per heavy atom. The summed E-state index contributed by atoms with van der Waals surface area (Å²) in [5.74, 6) is 0. The SMILES string of the molecule is CC(C)N(C(C)C)S(=O)(=O)c1ccccc1. The predicted octanol–water partition coefficient (Wildman–Crippen LogP) is 2.49. The largest absolute Gasteiger partial charge is 0.243 e. The highest BCUT2D eigenvalue weighted by Gasteiger charge is 2.28. The number of hydrogen-bond donors (Lipinski definition) is 0. The van der Waals surface area contributed by atoms with Crippen LogP contribution in [0.2, 0.25) is 0 Å². The topological polar surface area (TPSA) is 37.4 Å². The lowest BCUT2D eigenvalue weighted by Crippen LogP contribution is -2.41. The number of rotatable bonds is 4. The maximum Gasteiger partial charge on any atom is 0.243 e. The molecule has 0 amide bonds. The molecule has 0 N–H and O–H groups in total. The van der Waals surface area contributed by atoms with Crippen LogP contribution in [0, 0.1) is 0 Å². The van der Waals surface area contributed by atoms with Crippen molar-refractivity contribution in [2.24, 2.45) is 0 Å². The number of sulfonamides is 1. The highest BCUT2D eigenvalue weighted by atomic mass is 32.2. The van der Waals surface area contributed by atoms with Gasteiger partial charge in [-0.25, -0.2) is 8.42 Å². The zero-order chi connectivity index (χ0) is 12.3. The highest BCUT2D eigenvalue weighted by Crippen LogP contribution is 2.20. The summed E-state index contributed by atoms with van der Waals surface area (Å²) in [6.45, 7) is 7.56. The molecule has 0 aliphatic rings. The molecule has 0 aromatic heterocycles. The summed E-state index contributed by atoms with van der Waals surface area (Å²) in [6, 6.07) is 8.49. The Morgan fingerprint density at radius 3 is 1.75 bits per heavy atom. The van der Waals surface area contributed by atoms with Gasteiger partial charge in [0.25, 0.3) is 0 Å². The van der Waals surface area contributed by atoms with Crippen molar-refractivity contribution in [2.75, 3.05) is 0 Å². The molecule has 0 unspecified atom stereocenters. The summed E-state index contributed by atoms with van der Waals surface area (Å²) in [7, 11) is -3.37. The zero-order valence-electron chi connectivity index (χ0n) is 10.2. The number of hydrogen-bond acceptors (Lipinski definition) is 2. The summed E-state index contributed by atoms with van der Waals surface area (Å²) >= 11 is 0. The maximum absolute atomic E-state index is 12.3. The van der Waals surface area contributed by atoms with E-state index in [9.17, 15) is 8.42 Å². The van der Waals surface area contributed by atoms with Gasteiger partial charge >= 0.3 is 0 Å². The molecule has 0 atom stereocenters. The van der Waals surface area contributed by atoms with Crippen LogP contribution in [0.1, 0.15) is 27.7 Å². The fourth-order valence-electron chi connectivity index (χ4n) is 1.87. The molecule has 16 heavy (non-hydrogen) atoms. The second-order valence-electron chi connectivity index (χ2n) is 4.34. The van der Waals surface area contributed by atoms with E-state index >= 15 is 0 Å². The molecular formula is C12H19NO2S. The van der Waals surface area contributed by atoms with Crippen molar-refractivity contribution in [3.63, 3.8) is 0 Å². The third-order valence-electron chi connectivity index (χ3n) is 2.34. The van der Waals surface area contributed by atoms with Crippen LogP contribution < -0.4 is 0 Å². The number of nitrogens with zero attached hydrogens (tertiary/aromatic N) is 1. The van der Waals surface area contributed by atoms with Gasteiger partial charge in [-0.15, -0.1) is 0 Å². The van der Waals surface area contributed by atoms with Crippen molar-refractivity contribution in [3.8, 4) is 0 Å². The molecule has 0 spiro atoms. The molecule has 0 saturated heterocycles. The first kappa shape index (κ1) is 13.2. The quantitative estimate of drug-likeness (QED) is 0.812. The molecule has 90 valence electrons. The van der Waals surface area contributed by atoms with Gasteiger partial charge in [-0.1, -0.05) is 18.2 Å². The van der Waals surface area contributed by atoms with Crippen LogP contribution >= 0.6 is 0 Å². The third-order valence-corrected chi connectivity index (χ3v) is 4.60. The monoisotopic (exact) mass is 241 g/mol. The average molecular weight is 241 g/mol. The first-order valence-electron chi connectivity index (χ1n) is 5.46. The molecule has 1 aromatic carbocycles. The van der Waals surface area contributed by atoms with Gasteiger partial charge < -0.3 is 0 Å². The van der Waals surface area contributed by atoms with Crippen LogP contribution in [-0.4, -0.2) is 24.8 Å². The van der Waals surface area contributed by atoms with Gasteiger partial charge in [-0.3, -0.25) is 0 Å². The lowest BCUT2D eigenvalue weighted by molar-refractivity contribution is 0.302. The van der Waals surface area contributed by atoms with E-state index in [4.69, 9.17) is 0 Å². The van der Waals surface area contributed by atoms with Gasteiger partial charge in [0, 0.05) is 12.1 Å². The van der Waals surface area contributed by atoms with Crippen molar-refractivity contribution in [2.45, 2.75) is 44.7 Å².